The first kappa shape index (κ1) is 23.1. The number of nitrogens with zero attached hydrogens (tertiary/aromatic N) is 4. The molecule has 2 aromatic carbocycles. The topological polar surface area (TPSA) is 62.5 Å². The second-order valence-electron chi connectivity index (χ2n) is 8.64. The summed E-state index contributed by atoms with van der Waals surface area (Å²) in [6.45, 7) is 6.23. The molecule has 0 spiro atoms. The molecule has 2 heterocycles. The van der Waals surface area contributed by atoms with Crippen molar-refractivity contribution in [3.05, 3.63) is 71.4 Å². The van der Waals surface area contributed by atoms with Gasteiger partial charge in [-0.2, -0.15) is 4.98 Å². The SMILES string of the molecule is Cc1ccc(-c2noc(CCC(=O)N3CCCN(CCCc4ccccc4)CC3)n2)cc1F. The van der Waals surface area contributed by atoms with Crippen LogP contribution in [-0.4, -0.2) is 58.6 Å². The third-order valence-electron chi connectivity index (χ3n) is 6.17. The molecular formula is C26H31FN4O2. The van der Waals surface area contributed by atoms with E-state index < -0.39 is 0 Å². The van der Waals surface area contributed by atoms with E-state index in [9.17, 15) is 9.18 Å². The molecule has 33 heavy (non-hydrogen) atoms. The molecule has 0 aliphatic carbocycles. The minimum absolute atomic E-state index is 0.113. The van der Waals surface area contributed by atoms with E-state index in [0.717, 1.165) is 52.0 Å². The lowest BCUT2D eigenvalue weighted by Gasteiger charge is -2.22. The first-order valence-corrected chi connectivity index (χ1v) is 11.7. The van der Waals surface area contributed by atoms with E-state index in [1.165, 1.54) is 11.6 Å². The molecule has 174 valence electrons. The van der Waals surface area contributed by atoms with Gasteiger partial charge in [0.25, 0.3) is 0 Å². The Kier molecular flexibility index (Phi) is 7.83. The number of aromatic nitrogens is 2. The zero-order valence-electron chi connectivity index (χ0n) is 19.2. The zero-order chi connectivity index (χ0) is 23.0. The molecule has 1 aromatic heterocycles. The predicted octanol–water partition coefficient (Wildman–Crippen LogP) is 4.28. The Bertz CT molecular complexity index is 1050. The summed E-state index contributed by atoms with van der Waals surface area (Å²) < 4.78 is 19.1. The van der Waals surface area contributed by atoms with Gasteiger partial charge in [0.2, 0.25) is 17.6 Å². The monoisotopic (exact) mass is 450 g/mol. The summed E-state index contributed by atoms with van der Waals surface area (Å²) >= 11 is 0. The van der Waals surface area contributed by atoms with Crippen molar-refractivity contribution in [2.75, 3.05) is 32.7 Å². The highest BCUT2D eigenvalue weighted by Crippen LogP contribution is 2.19. The fraction of sp³-hybridized carbons (Fsp3) is 0.423. The van der Waals surface area contributed by atoms with Crippen LogP contribution in [0, 0.1) is 12.7 Å². The average molecular weight is 451 g/mol. The molecule has 1 fully saturated rings. The van der Waals surface area contributed by atoms with Crippen LogP contribution in [0.2, 0.25) is 0 Å². The van der Waals surface area contributed by atoms with Crippen LogP contribution in [0.5, 0.6) is 0 Å². The summed E-state index contributed by atoms with van der Waals surface area (Å²) in [5, 5.41) is 3.94. The Labute approximate surface area is 194 Å². The molecule has 0 radical (unpaired) electrons. The second kappa shape index (κ2) is 11.2. The highest BCUT2D eigenvalue weighted by Gasteiger charge is 2.20. The van der Waals surface area contributed by atoms with Gasteiger partial charge in [0, 0.05) is 38.0 Å². The standard InChI is InChI=1S/C26H31FN4O2/c1-20-10-11-22(19-23(20)27)26-28-24(33-29-26)12-13-25(32)31-16-6-15-30(17-18-31)14-5-9-21-7-3-2-4-8-21/h2-4,7-8,10-11,19H,5-6,9,12-18H2,1H3. The van der Waals surface area contributed by atoms with E-state index in [4.69, 9.17) is 4.52 Å². The quantitative estimate of drug-likeness (QED) is 0.513. The van der Waals surface area contributed by atoms with Gasteiger partial charge in [-0.05, 0) is 56.5 Å². The maximum Gasteiger partial charge on any atom is 0.227 e. The highest BCUT2D eigenvalue weighted by atomic mass is 19.1. The highest BCUT2D eigenvalue weighted by molar-refractivity contribution is 5.76. The molecule has 7 heteroatoms. The van der Waals surface area contributed by atoms with Gasteiger partial charge in [0.1, 0.15) is 5.82 Å². The molecule has 1 aliphatic rings. The number of halogens is 1. The van der Waals surface area contributed by atoms with Crippen LogP contribution < -0.4 is 0 Å². The predicted molar refractivity (Wildman–Crippen MR) is 125 cm³/mol. The summed E-state index contributed by atoms with van der Waals surface area (Å²) in [6.07, 6.45) is 3.92. The lowest BCUT2D eigenvalue weighted by molar-refractivity contribution is -0.131. The molecule has 0 atom stereocenters. The van der Waals surface area contributed by atoms with Crippen molar-refractivity contribution in [2.24, 2.45) is 0 Å². The average Bonchev–Trinajstić information content (AvgIpc) is 3.18. The number of benzene rings is 2. The number of rotatable bonds is 8. The summed E-state index contributed by atoms with van der Waals surface area (Å²) in [7, 11) is 0. The van der Waals surface area contributed by atoms with Gasteiger partial charge in [-0.1, -0.05) is 47.6 Å². The summed E-state index contributed by atoms with van der Waals surface area (Å²) in [5.74, 6) is 0.556. The van der Waals surface area contributed by atoms with Crippen molar-refractivity contribution in [1.29, 1.82) is 0 Å². The van der Waals surface area contributed by atoms with Gasteiger partial charge in [-0.15, -0.1) is 0 Å². The fourth-order valence-corrected chi connectivity index (χ4v) is 4.17. The lowest BCUT2D eigenvalue weighted by atomic mass is 10.1. The first-order chi connectivity index (χ1) is 16.1. The van der Waals surface area contributed by atoms with Gasteiger partial charge in [0.05, 0.1) is 0 Å². The van der Waals surface area contributed by atoms with Crippen LogP contribution in [0.25, 0.3) is 11.4 Å². The van der Waals surface area contributed by atoms with Crippen LogP contribution in [-0.2, 0) is 17.6 Å². The molecule has 6 nitrogen and oxygen atoms in total. The number of amides is 1. The van der Waals surface area contributed by atoms with Crippen LogP contribution in [0.15, 0.2) is 53.1 Å². The number of aryl methyl sites for hydroxylation is 3. The zero-order valence-corrected chi connectivity index (χ0v) is 19.2. The van der Waals surface area contributed by atoms with Crippen molar-refractivity contribution >= 4 is 5.91 Å². The van der Waals surface area contributed by atoms with Crippen molar-refractivity contribution in [3.8, 4) is 11.4 Å². The molecule has 0 bridgehead atoms. The van der Waals surface area contributed by atoms with Gasteiger partial charge in [0.15, 0.2) is 0 Å². The Hall–Kier alpha value is -3.06. The van der Waals surface area contributed by atoms with Crippen molar-refractivity contribution in [2.45, 2.75) is 39.0 Å². The van der Waals surface area contributed by atoms with Crippen molar-refractivity contribution in [1.82, 2.24) is 19.9 Å². The van der Waals surface area contributed by atoms with E-state index in [2.05, 4.69) is 39.3 Å². The largest absolute Gasteiger partial charge is 0.341 e. The summed E-state index contributed by atoms with van der Waals surface area (Å²) in [6, 6.07) is 15.4. The maximum atomic E-state index is 13.8. The molecule has 3 aromatic rings. The number of carbonyl (C=O) groups excluding carboxylic acids is 1. The lowest BCUT2D eigenvalue weighted by Crippen LogP contribution is -2.35. The Morgan fingerprint density at radius 2 is 1.91 bits per heavy atom. The molecule has 1 aliphatic heterocycles. The van der Waals surface area contributed by atoms with Crippen molar-refractivity contribution in [3.63, 3.8) is 0 Å². The van der Waals surface area contributed by atoms with Gasteiger partial charge < -0.3 is 14.3 Å². The Morgan fingerprint density at radius 3 is 2.73 bits per heavy atom. The number of hydrogen-bond donors (Lipinski definition) is 0. The molecule has 4 rings (SSSR count). The summed E-state index contributed by atoms with van der Waals surface area (Å²) in [5.41, 5.74) is 2.51. The van der Waals surface area contributed by atoms with Crippen LogP contribution in [0.3, 0.4) is 0 Å². The van der Waals surface area contributed by atoms with Crippen LogP contribution >= 0.6 is 0 Å². The Balaban J connectivity index is 1.21. The molecule has 1 saturated heterocycles. The minimum Gasteiger partial charge on any atom is -0.341 e. The van der Waals surface area contributed by atoms with E-state index in [0.29, 0.717) is 35.7 Å². The van der Waals surface area contributed by atoms with Gasteiger partial charge >= 0.3 is 0 Å². The van der Waals surface area contributed by atoms with Crippen LogP contribution in [0.1, 0.15) is 36.3 Å². The van der Waals surface area contributed by atoms with Gasteiger partial charge in [-0.25, -0.2) is 4.39 Å². The smallest absolute Gasteiger partial charge is 0.227 e. The third-order valence-corrected chi connectivity index (χ3v) is 6.17. The number of carbonyl (C=O) groups is 1. The second-order valence-corrected chi connectivity index (χ2v) is 8.64. The summed E-state index contributed by atoms with van der Waals surface area (Å²) in [4.78, 5) is 21.5. The van der Waals surface area contributed by atoms with Crippen LogP contribution in [0.4, 0.5) is 4.39 Å². The normalized spacial score (nSPS) is 14.9. The molecule has 1 amide bonds. The molecule has 0 saturated carbocycles. The van der Waals surface area contributed by atoms with E-state index in [1.54, 1.807) is 19.1 Å². The molecular weight excluding hydrogens is 419 g/mol. The molecule has 0 N–H and O–H groups in total. The Morgan fingerprint density at radius 1 is 1.06 bits per heavy atom. The van der Waals surface area contributed by atoms with E-state index >= 15 is 0 Å². The third kappa shape index (κ3) is 6.48. The number of hydrogen-bond acceptors (Lipinski definition) is 5. The van der Waals surface area contributed by atoms with Gasteiger partial charge in [-0.3, -0.25) is 4.79 Å². The van der Waals surface area contributed by atoms with E-state index in [1.807, 2.05) is 11.0 Å². The minimum atomic E-state index is -0.302. The first-order valence-electron chi connectivity index (χ1n) is 11.7. The molecule has 0 unspecified atom stereocenters. The van der Waals surface area contributed by atoms with Crippen molar-refractivity contribution < 1.29 is 13.7 Å². The van der Waals surface area contributed by atoms with E-state index in [-0.39, 0.29) is 11.7 Å². The fourth-order valence-electron chi connectivity index (χ4n) is 4.17. The maximum absolute atomic E-state index is 13.8.